The Balaban J connectivity index is 2.50. The number of likely N-dealkylation sites (tertiary alicyclic amines) is 1. The van der Waals surface area contributed by atoms with E-state index in [9.17, 15) is 4.79 Å². The third-order valence-electron chi connectivity index (χ3n) is 2.83. The van der Waals surface area contributed by atoms with Crippen LogP contribution >= 0.6 is 22.6 Å². The second-order valence-corrected chi connectivity index (χ2v) is 7.39. The van der Waals surface area contributed by atoms with Gasteiger partial charge in [-0.05, 0) is 34.1 Å². The number of rotatable bonds is 3. The summed E-state index contributed by atoms with van der Waals surface area (Å²) < 4.78 is 11.6. The monoisotopic (exact) mass is 369 g/mol. The lowest BCUT2D eigenvalue weighted by atomic mass is 10.2. The lowest BCUT2D eigenvalue weighted by Crippen LogP contribution is -2.36. The van der Waals surface area contributed by atoms with Gasteiger partial charge in [-0.2, -0.15) is 0 Å². The molecule has 0 aliphatic carbocycles. The van der Waals surface area contributed by atoms with Crippen molar-refractivity contribution < 1.29 is 14.3 Å². The Bertz CT molecular complexity index is 290. The van der Waals surface area contributed by atoms with Crippen LogP contribution in [0.15, 0.2) is 0 Å². The van der Waals surface area contributed by atoms with Gasteiger partial charge < -0.3 is 14.4 Å². The molecule has 1 amide bonds. The van der Waals surface area contributed by atoms with E-state index in [0.717, 1.165) is 6.42 Å². The van der Waals surface area contributed by atoms with Gasteiger partial charge in [0.05, 0.1) is 22.7 Å². The molecule has 1 aliphatic rings. The number of carbonyl (C=O) groups is 1. The van der Waals surface area contributed by atoms with Gasteiger partial charge in [0.2, 0.25) is 0 Å². The fourth-order valence-electron chi connectivity index (χ4n) is 1.73. The smallest absolute Gasteiger partial charge is 0.410 e. The highest BCUT2D eigenvalue weighted by atomic mass is 127. The summed E-state index contributed by atoms with van der Waals surface area (Å²) in [7, 11) is 0. The van der Waals surface area contributed by atoms with E-state index < -0.39 is 5.60 Å². The highest BCUT2D eigenvalue weighted by Crippen LogP contribution is 2.24. The Morgan fingerprint density at radius 1 is 1.44 bits per heavy atom. The Kier molecular flexibility index (Phi) is 5.70. The Morgan fingerprint density at radius 2 is 2.06 bits per heavy atom. The minimum atomic E-state index is -0.437. The third kappa shape index (κ3) is 4.91. The molecular formula is C13H24INO3. The summed E-state index contributed by atoms with van der Waals surface area (Å²) in [6.07, 6.45) is 1.12. The Hall–Kier alpha value is -0.0400. The average Bonchev–Trinajstić information content (AvgIpc) is 2.58. The van der Waals surface area contributed by atoms with Crippen LogP contribution in [0.2, 0.25) is 0 Å². The van der Waals surface area contributed by atoms with E-state index in [0.29, 0.717) is 17.0 Å². The molecule has 4 nitrogen and oxygen atoms in total. The number of ether oxygens (including phenoxy) is 2. The molecule has 1 saturated heterocycles. The summed E-state index contributed by atoms with van der Waals surface area (Å²) in [5.41, 5.74) is -0.437. The largest absolute Gasteiger partial charge is 0.444 e. The maximum Gasteiger partial charge on any atom is 0.410 e. The molecule has 0 saturated carbocycles. The molecule has 0 radical (unpaired) electrons. The summed E-state index contributed by atoms with van der Waals surface area (Å²) in [4.78, 5) is 13.7. The van der Waals surface area contributed by atoms with Gasteiger partial charge in [-0.15, -0.1) is 0 Å². The van der Waals surface area contributed by atoms with Crippen LogP contribution in [0.1, 0.15) is 41.0 Å². The minimum absolute atomic E-state index is 0.119. The lowest BCUT2D eigenvalue weighted by molar-refractivity contribution is -0.00152. The van der Waals surface area contributed by atoms with Gasteiger partial charge in [-0.1, -0.05) is 29.5 Å². The van der Waals surface area contributed by atoms with Crippen LogP contribution in [0.5, 0.6) is 0 Å². The SMILES string of the molecule is CCC(C)OC1CN(C(=O)OC(C)(C)C)CC1I. The molecule has 18 heavy (non-hydrogen) atoms. The van der Waals surface area contributed by atoms with Crippen molar-refractivity contribution in [1.29, 1.82) is 0 Å². The van der Waals surface area contributed by atoms with Crippen LogP contribution < -0.4 is 0 Å². The van der Waals surface area contributed by atoms with E-state index in [1.807, 2.05) is 20.8 Å². The first-order valence-corrected chi connectivity index (χ1v) is 7.75. The predicted molar refractivity (Wildman–Crippen MR) is 80.2 cm³/mol. The molecule has 0 aromatic carbocycles. The Labute approximate surface area is 124 Å². The number of carbonyl (C=O) groups excluding carboxylic acids is 1. The second kappa shape index (κ2) is 6.41. The van der Waals surface area contributed by atoms with Crippen molar-refractivity contribution in [3.8, 4) is 0 Å². The standard InChI is InChI=1S/C13H24INO3/c1-6-9(2)17-11-8-15(7-10(11)14)12(16)18-13(3,4)5/h9-11H,6-8H2,1-5H3. The fraction of sp³-hybridized carbons (Fsp3) is 0.923. The molecule has 106 valence electrons. The number of amides is 1. The predicted octanol–water partition coefficient (Wildman–Crippen LogP) is 3.22. The average molecular weight is 369 g/mol. The normalized spacial score (nSPS) is 26.2. The van der Waals surface area contributed by atoms with E-state index >= 15 is 0 Å². The van der Waals surface area contributed by atoms with Gasteiger partial charge in [0.25, 0.3) is 0 Å². The molecule has 3 atom stereocenters. The zero-order valence-electron chi connectivity index (χ0n) is 11.9. The molecule has 0 bridgehead atoms. The molecule has 5 heteroatoms. The van der Waals surface area contributed by atoms with Crippen molar-refractivity contribution in [1.82, 2.24) is 4.90 Å². The van der Waals surface area contributed by atoms with Crippen molar-refractivity contribution >= 4 is 28.7 Å². The van der Waals surface area contributed by atoms with Crippen LogP contribution in [0, 0.1) is 0 Å². The first-order chi connectivity index (χ1) is 8.23. The number of alkyl halides is 1. The zero-order chi connectivity index (χ0) is 13.9. The van der Waals surface area contributed by atoms with Crippen molar-refractivity contribution in [2.45, 2.75) is 62.8 Å². The van der Waals surface area contributed by atoms with E-state index in [1.54, 1.807) is 4.90 Å². The lowest BCUT2D eigenvalue weighted by Gasteiger charge is -2.24. The zero-order valence-corrected chi connectivity index (χ0v) is 14.1. The molecule has 1 rings (SSSR count). The van der Waals surface area contributed by atoms with E-state index in [2.05, 4.69) is 36.4 Å². The van der Waals surface area contributed by atoms with Gasteiger partial charge in [0.15, 0.2) is 0 Å². The highest BCUT2D eigenvalue weighted by molar-refractivity contribution is 14.1. The minimum Gasteiger partial charge on any atom is -0.444 e. The molecule has 0 spiro atoms. The molecule has 0 aromatic rings. The van der Waals surface area contributed by atoms with Crippen LogP contribution in [0.4, 0.5) is 4.79 Å². The molecule has 3 unspecified atom stereocenters. The van der Waals surface area contributed by atoms with E-state index in [1.165, 1.54) is 0 Å². The maximum atomic E-state index is 12.0. The summed E-state index contributed by atoms with van der Waals surface area (Å²) in [6, 6.07) is 0. The molecular weight excluding hydrogens is 345 g/mol. The molecule has 1 heterocycles. The first-order valence-electron chi connectivity index (χ1n) is 6.50. The molecule has 1 aliphatic heterocycles. The van der Waals surface area contributed by atoms with Crippen molar-refractivity contribution in [3.05, 3.63) is 0 Å². The highest BCUT2D eigenvalue weighted by Gasteiger charge is 2.36. The third-order valence-corrected chi connectivity index (χ3v) is 4.03. The number of nitrogens with zero attached hydrogens (tertiary/aromatic N) is 1. The van der Waals surface area contributed by atoms with Crippen LogP contribution in [0.3, 0.4) is 0 Å². The van der Waals surface area contributed by atoms with Crippen LogP contribution in [0.25, 0.3) is 0 Å². The van der Waals surface area contributed by atoms with Crippen LogP contribution in [-0.4, -0.2) is 45.8 Å². The fourth-order valence-corrected chi connectivity index (χ4v) is 2.61. The van der Waals surface area contributed by atoms with Crippen molar-refractivity contribution in [3.63, 3.8) is 0 Å². The van der Waals surface area contributed by atoms with Crippen molar-refractivity contribution in [2.24, 2.45) is 0 Å². The van der Waals surface area contributed by atoms with Gasteiger partial charge in [-0.3, -0.25) is 0 Å². The Morgan fingerprint density at radius 3 is 2.56 bits per heavy atom. The van der Waals surface area contributed by atoms with Gasteiger partial charge in [0, 0.05) is 6.54 Å². The number of hydrogen-bond donors (Lipinski definition) is 0. The van der Waals surface area contributed by atoms with Gasteiger partial charge in [0.1, 0.15) is 5.60 Å². The summed E-state index contributed by atoms with van der Waals surface area (Å²) in [6.45, 7) is 11.2. The summed E-state index contributed by atoms with van der Waals surface area (Å²) >= 11 is 2.36. The second-order valence-electron chi connectivity index (χ2n) is 5.79. The maximum absolute atomic E-state index is 12.0. The topological polar surface area (TPSA) is 38.8 Å². The van der Waals surface area contributed by atoms with Gasteiger partial charge in [-0.25, -0.2) is 4.79 Å². The number of halogens is 1. The van der Waals surface area contributed by atoms with E-state index in [4.69, 9.17) is 9.47 Å². The quantitative estimate of drug-likeness (QED) is 0.567. The van der Waals surface area contributed by atoms with Crippen LogP contribution in [-0.2, 0) is 9.47 Å². The van der Waals surface area contributed by atoms with Crippen molar-refractivity contribution in [2.75, 3.05) is 13.1 Å². The van der Waals surface area contributed by atoms with E-state index in [-0.39, 0.29) is 18.3 Å². The summed E-state index contributed by atoms with van der Waals surface area (Å²) in [5.74, 6) is 0. The number of hydrogen-bond acceptors (Lipinski definition) is 3. The molecule has 0 N–H and O–H groups in total. The summed E-state index contributed by atoms with van der Waals surface area (Å²) in [5, 5.41) is 0. The molecule has 1 fully saturated rings. The first kappa shape index (κ1) is 16.0. The van der Waals surface area contributed by atoms with Gasteiger partial charge >= 0.3 is 6.09 Å². The molecule has 0 aromatic heterocycles.